The summed E-state index contributed by atoms with van der Waals surface area (Å²) in [7, 11) is 0. The summed E-state index contributed by atoms with van der Waals surface area (Å²) in [6.45, 7) is 3.30. The number of carbonyl (C=O) groups is 1. The first-order valence-corrected chi connectivity index (χ1v) is 7.59. The number of aromatic nitrogens is 2. The highest BCUT2D eigenvalue weighted by molar-refractivity contribution is 6.06. The Morgan fingerprint density at radius 3 is 2.61 bits per heavy atom. The molecule has 1 saturated heterocycles. The number of fused-ring (bicyclic) bond motifs is 1. The van der Waals surface area contributed by atoms with E-state index in [0.29, 0.717) is 13.1 Å². The van der Waals surface area contributed by atoms with Gasteiger partial charge in [0, 0.05) is 36.1 Å². The maximum absolute atomic E-state index is 12.7. The van der Waals surface area contributed by atoms with E-state index in [9.17, 15) is 4.79 Å². The van der Waals surface area contributed by atoms with Crippen molar-refractivity contribution in [3.05, 3.63) is 60.6 Å². The summed E-state index contributed by atoms with van der Waals surface area (Å²) in [5.74, 6) is 0. The van der Waals surface area contributed by atoms with Gasteiger partial charge in [-0.05, 0) is 43.3 Å². The number of amides is 2. The first-order chi connectivity index (χ1) is 11.2. The van der Waals surface area contributed by atoms with E-state index in [4.69, 9.17) is 0 Å². The number of rotatable bonds is 2. The van der Waals surface area contributed by atoms with E-state index < -0.39 is 0 Å². The van der Waals surface area contributed by atoms with Crippen LogP contribution in [0, 0.1) is 6.92 Å². The lowest BCUT2D eigenvalue weighted by Gasteiger charge is -2.18. The third kappa shape index (κ3) is 2.40. The number of nitrogens with zero attached hydrogens (tertiary/aromatic N) is 4. The van der Waals surface area contributed by atoms with E-state index >= 15 is 0 Å². The van der Waals surface area contributed by atoms with E-state index in [0.717, 1.165) is 28.0 Å². The molecule has 114 valence electrons. The Hall–Kier alpha value is -2.95. The van der Waals surface area contributed by atoms with Gasteiger partial charge in [0.1, 0.15) is 0 Å². The molecule has 2 amide bonds. The van der Waals surface area contributed by atoms with E-state index in [1.165, 1.54) is 0 Å². The number of hydrogen-bond donors (Lipinski definition) is 0. The minimum Gasteiger partial charge on any atom is -0.292 e. The van der Waals surface area contributed by atoms with E-state index in [2.05, 4.69) is 9.97 Å². The molecule has 2 aromatic heterocycles. The van der Waals surface area contributed by atoms with Crippen LogP contribution >= 0.6 is 0 Å². The predicted molar refractivity (Wildman–Crippen MR) is 90.8 cm³/mol. The van der Waals surface area contributed by atoms with Crippen LogP contribution < -0.4 is 9.80 Å². The van der Waals surface area contributed by atoms with E-state index in [-0.39, 0.29) is 6.03 Å². The zero-order valence-electron chi connectivity index (χ0n) is 12.8. The molecule has 0 unspecified atom stereocenters. The van der Waals surface area contributed by atoms with E-state index in [1.807, 2.05) is 49.4 Å². The zero-order chi connectivity index (χ0) is 15.8. The zero-order valence-corrected chi connectivity index (χ0v) is 12.8. The largest absolute Gasteiger partial charge is 0.329 e. The number of hydrogen-bond acceptors (Lipinski definition) is 3. The molecule has 5 heteroatoms. The average Bonchev–Trinajstić information content (AvgIpc) is 2.97. The molecule has 0 bridgehead atoms. The lowest BCUT2D eigenvalue weighted by atomic mass is 10.1. The van der Waals surface area contributed by atoms with Crippen molar-refractivity contribution < 1.29 is 4.79 Å². The molecule has 0 spiro atoms. The second-order valence-electron chi connectivity index (χ2n) is 5.63. The lowest BCUT2D eigenvalue weighted by molar-refractivity contribution is 0.256. The molecule has 0 radical (unpaired) electrons. The van der Waals surface area contributed by atoms with Gasteiger partial charge in [0.05, 0.1) is 17.4 Å². The Bertz CT molecular complexity index is 879. The second kappa shape index (κ2) is 5.35. The van der Waals surface area contributed by atoms with Crippen LogP contribution in [-0.4, -0.2) is 29.1 Å². The van der Waals surface area contributed by atoms with Crippen molar-refractivity contribution in [2.45, 2.75) is 6.92 Å². The standard InChI is InChI=1S/C18H16N4O/c1-13-4-5-14-11-15(6-7-17(14)20-13)21-9-10-22(18(21)23)16-3-2-8-19-12-16/h2-8,11-12H,9-10H2,1H3. The molecular weight excluding hydrogens is 288 g/mol. The van der Waals surface area contributed by atoms with Gasteiger partial charge in [-0.15, -0.1) is 0 Å². The molecule has 1 aromatic carbocycles. The molecular formula is C18H16N4O. The van der Waals surface area contributed by atoms with Gasteiger partial charge in [-0.1, -0.05) is 6.07 Å². The quantitative estimate of drug-likeness (QED) is 0.729. The van der Waals surface area contributed by atoms with Gasteiger partial charge in [0.15, 0.2) is 0 Å². The van der Waals surface area contributed by atoms with Crippen LogP contribution in [0.3, 0.4) is 0 Å². The van der Waals surface area contributed by atoms with Crippen molar-refractivity contribution in [1.82, 2.24) is 9.97 Å². The molecule has 0 aliphatic carbocycles. The monoisotopic (exact) mass is 304 g/mol. The minimum atomic E-state index is -0.0163. The van der Waals surface area contributed by atoms with Crippen LogP contribution in [0.2, 0.25) is 0 Å². The Kier molecular flexibility index (Phi) is 3.19. The van der Waals surface area contributed by atoms with Gasteiger partial charge in [0.2, 0.25) is 0 Å². The van der Waals surface area contributed by atoms with Crippen molar-refractivity contribution in [2.75, 3.05) is 22.9 Å². The SMILES string of the molecule is Cc1ccc2cc(N3CCN(c4cccnc4)C3=O)ccc2n1. The third-order valence-corrected chi connectivity index (χ3v) is 4.09. The Morgan fingerprint density at radius 2 is 1.83 bits per heavy atom. The predicted octanol–water partition coefficient (Wildman–Crippen LogP) is 3.38. The van der Waals surface area contributed by atoms with Crippen LogP contribution in [0.5, 0.6) is 0 Å². The summed E-state index contributed by atoms with van der Waals surface area (Å²) in [5, 5.41) is 1.04. The molecule has 0 atom stereocenters. The minimum absolute atomic E-state index is 0.0163. The number of urea groups is 1. The van der Waals surface area contributed by atoms with Gasteiger partial charge >= 0.3 is 6.03 Å². The summed E-state index contributed by atoms with van der Waals surface area (Å²) in [5.41, 5.74) is 3.67. The molecule has 23 heavy (non-hydrogen) atoms. The molecule has 1 aliphatic rings. The molecule has 1 aliphatic heterocycles. The molecule has 1 fully saturated rings. The normalized spacial score (nSPS) is 14.7. The Morgan fingerprint density at radius 1 is 1.00 bits per heavy atom. The molecule has 0 saturated carbocycles. The summed E-state index contributed by atoms with van der Waals surface area (Å²) in [6.07, 6.45) is 3.43. The van der Waals surface area contributed by atoms with Crippen molar-refractivity contribution in [3.63, 3.8) is 0 Å². The highest BCUT2D eigenvalue weighted by atomic mass is 16.2. The van der Waals surface area contributed by atoms with Crippen LogP contribution in [0.25, 0.3) is 10.9 Å². The average molecular weight is 304 g/mol. The lowest BCUT2D eigenvalue weighted by Crippen LogP contribution is -2.31. The topological polar surface area (TPSA) is 49.3 Å². The van der Waals surface area contributed by atoms with Gasteiger partial charge in [-0.25, -0.2) is 4.79 Å². The van der Waals surface area contributed by atoms with Gasteiger partial charge < -0.3 is 0 Å². The van der Waals surface area contributed by atoms with Gasteiger partial charge in [0.25, 0.3) is 0 Å². The molecule has 3 aromatic rings. The number of benzene rings is 1. The first-order valence-electron chi connectivity index (χ1n) is 7.59. The third-order valence-electron chi connectivity index (χ3n) is 4.09. The van der Waals surface area contributed by atoms with Crippen molar-refractivity contribution >= 4 is 28.3 Å². The fourth-order valence-corrected chi connectivity index (χ4v) is 2.91. The van der Waals surface area contributed by atoms with Crippen LogP contribution in [0.1, 0.15) is 5.69 Å². The molecule has 3 heterocycles. The molecule has 0 N–H and O–H groups in total. The highest BCUT2D eigenvalue weighted by Gasteiger charge is 2.30. The number of anilines is 2. The Labute approximate surface area is 134 Å². The number of pyridine rings is 2. The molecule has 5 nitrogen and oxygen atoms in total. The number of aryl methyl sites for hydroxylation is 1. The summed E-state index contributed by atoms with van der Waals surface area (Å²) >= 11 is 0. The van der Waals surface area contributed by atoms with Gasteiger partial charge in [-0.3, -0.25) is 19.8 Å². The summed E-state index contributed by atoms with van der Waals surface area (Å²) < 4.78 is 0. The van der Waals surface area contributed by atoms with E-state index in [1.54, 1.807) is 22.2 Å². The maximum Gasteiger partial charge on any atom is 0.329 e. The van der Waals surface area contributed by atoms with Crippen LogP contribution in [-0.2, 0) is 0 Å². The fourth-order valence-electron chi connectivity index (χ4n) is 2.91. The highest BCUT2D eigenvalue weighted by Crippen LogP contribution is 2.27. The van der Waals surface area contributed by atoms with Crippen LogP contribution in [0.15, 0.2) is 54.9 Å². The van der Waals surface area contributed by atoms with Crippen molar-refractivity contribution in [1.29, 1.82) is 0 Å². The van der Waals surface area contributed by atoms with Crippen molar-refractivity contribution in [2.24, 2.45) is 0 Å². The fraction of sp³-hybridized carbons (Fsp3) is 0.167. The summed E-state index contributed by atoms with van der Waals surface area (Å²) in [4.78, 5) is 24.9. The second-order valence-corrected chi connectivity index (χ2v) is 5.63. The molecule has 4 rings (SSSR count). The number of carbonyl (C=O) groups excluding carboxylic acids is 1. The Balaban J connectivity index is 1.66. The maximum atomic E-state index is 12.7. The van der Waals surface area contributed by atoms with Gasteiger partial charge in [-0.2, -0.15) is 0 Å². The van der Waals surface area contributed by atoms with Crippen LogP contribution in [0.4, 0.5) is 16.2 Å². The summed E-state index contributed by atoms with van der Waals surface area (Å²) in [6, 6.07) is 13.7. The smallest absolute Gasteiger partial charge is 0.292 e. The first kappa shape index (κ1) is 13.7. The van der Waals surface area contributed by atoms with Crippen molar-refractivity contribution in [3.8, 4) is 0 Å².